The van der Waals surface area contributed by atoms with Crippen LogP contribution in [0.25, 0.3) is 44.4 Å². The van der Waals surface area contributed by atoms with Gasteiger partial charge in [-0.3, -0.25) is 38.4 Å². The molecule has 0 amide bonds. The van der Waals surface area contributed by atoms with E-state index in [0.717, 1.165) is 82.0 Å². The number of hydrogen-bond acceptors (Lipinski definition) is 20. The maximum absolute atomic E-state index is 12.2. The molecule has 13 rings (SSSR count). The van der Waals surface area contributed by atoms with E-state index in [2.05, 4.69) is 141 Å². The number of nitrogens with zero attached hydrogens (tertiary/aromatic N) is 9. The van der Waals surface area contributed by atoms with Gasteiger partial charge in [-0.15, -0.1) is 0 Å². The number of alkyl halides is 1. The average Bonchev–Trinajstić information content (AvgIpc) is 1.65. The van der Waals surface area contributed by atoms with Gasteiger partial charge in [-0.25, -0.2) is 29.9 Å². The molecular formula is C82H86Br4N12O12. The first-order valence-corrected chi connectivity index (χ1v) is 37.8. The monoisotopic (exact) mass is 1750 g/mol. The Morgan fingerprint density at radius 2 is 0.845 bits per heavy atom. The van der Waals surface area contributed by atoms with Gasteiger partial charge in [0.2, 0.25) is 0 Å². The molecule has 0 fully saturated rings. The molecule has 0 spiro atoms. The molecule has 2 aliphatic rings. The molecule has 5 aromatic carbocycles. The molecule has 110 heavy (non-hydrogen) atoms. The van der Waals surface area contributed by atoms with Crippen LogP contribution in [0, 0.1) is 0 Å². The number of halogens is 4. The highest BCUT2D eigenvalue weighted by atomic mass is 79.9. The molecule has 0 unspecified atom stereocenters. The lowest BCUT2D eigenvalue weighted by Crippen LogP contribution is -2.26. The summed E-state index contributed by atoms with van der Waals surface area (Å²) < 4.78 is 23.8. The number of rotatable bonds is 15. The molecule has 0 saturated heterocycles. The molecule has 5 N–H and O–H groups in total. The quantitative estimate of drug-likeness (QED) is 0.0321. The number of anilines is 5. The van der Waals surface area contributed by atoms with Crippen LogP contribution in [-0.4, -0.2) is 118 Å². The van der Waals surface area contributed by atoms with Gasteiger partial charge < -0.3 is 49.4 Å². The van der Waals surface area contributed by atoms with Crippen LogP contribution in [0.4, 0.5) is 28.4 Å². The Balaban J connectivity index is 0.000000186. The molecular weight excluding hydrogens is 1660 g/mol. The van der Waals surface area contributed by atoms with Crippen molar-refractivity contribution in [1.29, 1.82) is 0 Å². The minimum absolute atomic E-state index is 0.0268. The highest BCUT2D eigenvalue weighted by molar-refractivity contribution is 9.11. The molecule has 24 nitrogen and oxygen atoms in total. The highest BCUT2D eigenvalue weighted by Crippen LogP contribution is 2.33. The Morgan fingerprint density at radius 1 is 0.464 bits per heavy atom. The van der Waals surface area contributed by atoms with Crippen molar-refractivity contribution in [3.05, 3.63) is 230 Å². The van der Waals surface area contributed by atoms with Crippen molar-refractivity contribution in [1.82, 2.24) is 43.6 Å². The lowest BCUT2D eigenvalue weighted by molar-refractivity contribution is -0.156. The summed E-state index contributed by atoms with van der Waals surface area (Å²) in [6, 6.07) is 29.2. The van der Waals surface area contributed by atoms with Crippen LogP contribution in [0.1, 0.15) is 143 Å². The first-order chi connectivity index (χ1) is 51.8. The van der Waals surface area contributed by atoms with Crippen LogP contribution >= 0.6 is 63.7 Å². The summed E-state index contributed by atoms with van der Waals surface area (Å²) in [6.45, 7) is 22.5. The van der Waals surface area contributed by atoms with Crippen LogP contribution < -0.4 is 16.4 Å². The summed E-state index contributed by atoms with van der Waals surface area (Å²) in [7, 11) is 0. The Kier molecular flexibility index (Phi) is 31.2. The minimum Gasteiger partial charge on any atom is -0.480 e. The van der Waals surface area contributed by atoms with Gasteiger partial charge in [0.15, 0.2) is 23.1 Å². The number of carbonyl (C=O) groups excluding carboxylic acids is 7. The van der Waals surface area contributed by atoms with E-state index in [4.69, 9.17) is 25.1 Å². The second-order valence-corrected chi connectivity index (χ2v) is 31.2. The standard InChI is InChI=1S/C20H22N4O3.C16H18BrNO3.C16H14N4O3.C11H9BrO.C9H7Br.C6H11BrO2.C4H5N3/c1-13(25)17-10-24(11-19(26)27-20(2,3)4)18-6-5-14(7-16(17)18)23-15-8-21-12-22-9-15;1-10(19)13-8-18(9-15(20)21-16(2,3)4)14-6-5-11(17)7-12(13)14;1-10(21)14-7-20(8-16(22)23)15-3-2-11(4-13(14)15)19-12-5-17-9-18-6-12;1-7(13)10-5-3-8-2-4-9(12)6-11(8)10;10-9-5-4-7-2-1-3-8(7)6-9;1-6(2,3)9-5(8)4-7;5-4-1-6-3-7-2-4/h5-10,12,23H,11H2,1-4H3;5-8H,9H2,1-4H3;2-7,9,19H,8H2,1H3,(H,22,23);2,4-6H,3H2,1H3;1,3-6H,2H2;4H2,1-3H3;1-3H,5H2. The second kappa shape index (κ2) is 39.6. The molecule has 2 aliphatic carbocycles. The van der Waals surface area contributed by atoms with Crippen molar-refractivity contribution in [2.75, 3.05) is 21.7 Å². The van der Waals surface area contributed by atoms with E-state index >= 15 is 0 Å². The zero-order valence-corrected chi connectivity index (χ0v) is 69.5. The maximum atomic E-state index is 12.2. The number of aliphatic carboxylic acids is 1. The third-order valence-electron chi connectivity index (χ3n) is 15.3. The predicted molar refractivity (Wildman–Crippen MR) is 443 cm³/mol. The van der Waals surface area contributed by atoms with E-state index < -0.39 is 17.2 Å². The smallest absolute Gasteiger partial charge is 0.326 e. The number of benzene rings is 5. The zero-order chi connectivity index (χ0) is 80.8. The number of carbonyl (C=O) groups is 8. The van der Waals surface area contributed by atoms with Gasteiger partial charge in [0.25, 0.3) is 0 Å². The number of aromatic nitrogens is 9. The van der Waals surface area contributed by atoms with E-state index in [-0.39, 0.29) is 71.6 Å². The molecule has 28 heteroatoms. The first kappa shape index (κ1) is 86.6. The molecule has 0 saturated carbocycles. The minimum atomic E-state index is -0.958. The Bertz CT molecular complexity index is 5200. The van der Waals surface area contributed by atoms with Gasteiger partial charge in [-0.05, 0) is 204 Å². The van der Waals surface area contributed by atoms with Crippen molar-refractivity contribution >= 4 is 184 Å². The molecule has 0 bridgehead atoms. The third-order valence-corrected chi connectivity index (χ3v) is 17.2. The maximum Gasteiger partial charge on any atom is 0.326 e. The topological polar surface area (TPSA) is 327 Å². The summed E-state index contributed by atoms with van der Waals surface area (Å²) >= 11 is 13.2. The van der Waals surface area contributed by atoms with E-state index in [1.54, 1.807) is 82.5 Å². The lowest BCUT2D eigenvalue weighted by Gasteiger charge is -2.19. The Morgan fingerprint density at radius 3 is 1.24 bits per heavy atom. The number of nitrogens with one attached hydrogen (secondary N) is 2. The highest BCUT2D eigenvalue weighted by Gasteiger charge is 2.23. The second-order valence-electron chi connectivity index (χ2n) is 27.9. The van der Waals surface area contributed by atoms with Gasteiger partial charge in [-0.2, -0.15) is 0 Å². The predicted octanol–water partition coefficient (Wildman–Crippen LogP) is 17.9. The van der Waals surface area contributed by atoms with Gasteiger partial charge in [0.05, 0.1) is 54.2 Å². The lowest BCUT2D eigenvalue weighted by atomic mass is 10.0. The van der Waals surface area contributed by atoms with Crippen molar-refractivity contribution in [2.24, 2.45) is 0 Å². The van der Waals surface area contributed by atoms with Gasteiger partial charge >= 0.3 is 23.9 Å². The fraction of sp³-hybridized carbons (Fsp3) is 0.268. The fourth-order valence-corrected chi connectivity index (χ4v) is 12.2. The molecule has 574 valence electrons. The van der Waals surface area contributed by atoms with E-state index in [9.17, 15) is 38.4 Å². The summed E-state index contributed by atoms with van der Waals surface area (Å²) in [4.78, 5) is 116. The molecule has 6 heterocycles. The van der Waals surface area contributed by atoms with Gasteiger partial charge in [0, 0.05) is 98.4 Å². The fourth-order valence-electron chi connectivity index (χ4n) is 11.0. The summed E-state index contributed by atoms with van der Waals surface area (Å²) in [5.74, 6) is -1.90. The van der Waals surface area contributed by atoms with Crippen molar-refractivity contribution < 1.29 is 57.7 Å². The Labute approximate surface area is 671 Å². The number of ether oxygens (including phenoxy) is 3. The largest absolute Gasteiger partial charge is 0.480 e. The zero-order valence-electron chi connectivity index (χ0n) is 63.1. The summed E-state index contributed by atoms with van der Waals surface area (Å²) in [6.07, 6.45) is 27.4. The number of carboxylic acid groups (broad SMARTS) is 1. The molecule has 0 atom stereocenters. The number of esters is 3. The Hall–Kier alpha value is -10.7. The number of fused-ring (bicyclic) bond motifs is 5. The normalized spacial score (nSPS) is 11.6. The number of nitrogens with two attached hydrogens (primary N) is 1. The molecule has 0 aliphatic heterocycles. The summed E-state index contributed by atoms with van der Waals surface area (Å²) in [5.41, 5.74) is 17.4. The van der Waals surface area contributed by atoms with E-state index in [1.165, 1.54) is 56.4 Å². The third kappa shape index (κ3) is 27.2. The number of hydrogen-bond donors (Lipinski definition) is 4. The average molecular weight is 1750 g/mol. The number of carboxylic acids is 1. The number of allylic oxidation sites excluding steroid dienone is 3. The summed E-state index contributed by atoms with van der Waals surface area (Å²) in [5, 5.41) is 17.9. The first-order valence-electron chi connectivity index (χ1n) is 34.3. The number of Topliss-reactive ketones (excluding diaryl/α,β-unsaturated/α-hetero) is 4. The van der Waals surface area contributed by atoms with Crippen molar-refractivity contribution in [3.8, 4) is 0 Å². The van der Waals surface area contributed by atoms with E-state index in [0.29, 0.717) is 33.3 Å². The number of ketones is 4. The molecule has 11 aromatic rings. The van der Waals surface area contributed by atoms with Crippen molar-refractivity contribution in [3.63, 3.8) is 0 Å². The van der Waals surface area contributed by atoms with E-state index in [1.807, 2.05) is 129 Å². The van der Waals surface area contributed by atoms with Gasteiger partial charge in [0.1, 0.15) is 60.7 Å². The van der Waals surface area contributed by atoms with Crippen LogP contribution in [0.15, 0.2) is 191 Å². The SMILES string of the molecule is Brc1ccc2c(c1)C=CC2.CC(=O)C1=CCc2ccc(Br)cc21.CC(=O)c1cn(CC(=O)O)c2ccc(Nc3cncnc3)cc12.CC(=O)c1cn(CC(=O)OC(C)(C)C)c2ccc(Br)cc12.CC(=O)c1cn(CC(=O)OC(C)(C)C)c2ccc(Nc3cncnc3)cc12.CC(C)(C)OC(=O)CBr.Nc1cncnc1. The van der Waals surface area contributed by atoms with Crippen molar-refractivity contribution in [2.45, 2.75) is 139 Å². The number of nitrogen functional groups attached to an aromatic ring is 1. The van der Waals surface area contributed by atoms with Gasteiger partial charge in [-0.1, -0.05) is 94.1 Å². The molecule has 6 aromatic heterocycles. The molecule has 0 radical (unpaired) electrons. The van der Waals surface area contributed by atoms with Crippen LogP contribution in [-0.2, 0) is 70.7 Å². The van der Waals surface area contributed by atoms with Crippen LogP contribution in [0.5, 0.6) is 0 Å². The van der Waals surface area contributed by atoms with Crippen LogP contribution in [0.2, 0.25) is 0 Å². The van der Waals surface area contributed by atoms with Crippen LogP contribution in [0.3, 0.4) is 0 Å².